The Morgan fingerprint density at radius 2 is 1.03 bits per heavy atom. The number of nitrogen functional groups attached to an aromatic ring is 1. The van der Waals surface area contributed by atoms with Crippen molar-refractivity contribution in [2.75, 3.05) is 108 Å². The summed E-state index contributed by atoms with van der Waals surface area (Å²) >= 11 is 1.37. The van der Waals surface area contributed by atoms with Gasteiger partial charge in [-0.05, 0) is 198 Å². The van der Waals surface area contributed by atoms with Gasteiger partial charge >= 0.3 is 30.0 Å². The summed E-state index contributed by atoms with van der Waals surface area (Å²) in [6.45, 7) is 11.4. The second-order valence-corrected chi connectivity index (χ2v) is 30.1. The summed E-state index contributed by atoms with van der Waals surface area (Å²) in [5.41, 5.74) is 11.5. The number of carbonyl (C=O) groups excluding carboxylic acids is 4. The van der Waals surface area contributed by atoms with E-state index >= 15 is 0 Å². The predicted octanol–water partition coefficient (Wildman–Crippen LogP) is 8.71. The van der Waals surface area contributed by atoms with Gasteiger partial charge in [0.25, 0.3) is 11.8 Å². The summed E-state index contributed by atoms with van der Waals surface area (Å²) in [7, 11) is 1.42. The molecule has 14 N–H and O–H groups in total. The largest absolute Gasteiger partial charge is 0.481 e. The van der Waals surface area contributed by atoms with E-state index in [9.17, 15) is 59.1 Å². The number of amides is 3. The lowest BCUT2D eigenvalue weighted by Crippen LogP contribution is -2.47. The van der Waals surface area contributed by atoms with Gasteiger partial charge in [-0.15, -0.1) is 0 Å². The van der Waals surface area contributed by atoms with Crippen LogP contribution < -0.4 is 32.3 Å². The number of aliphatic imine (C=N–C) groups is 4. The summed E-state index contributed by atoms with van der Waals surface area (Å²) in [6, 6.07) is 35.5. The zero-order valence-electron chi connectivity index (χ0n) is 65.1. The summed E-state index contributed by atoms with van der Waals surface area (Å²) < 4.78 is 10.1. The van der Waals surface area contributed by atoms with Crippen LogP contribution in [0.3, 0.4) is 0 Å². The van der Waals surface area contributed by atoms with Crippen LogP contribution in [0.25, 0.3) is 0 Å². The number of esters is 1. The zero-order chi connectivity index (χ0) is 82.1. The Bertz CT molecular complexity index is 4270. The maximum Gasteiger partial charge on any atom is 0.416 e. The molecule has 620 valence electrons. The fourth-order valence-electron chi connectivity index (χ4n) is 13.2. The molecule has 0 saturated carbocycles. The number of rotatable bonds is 20. The molecule has 4 aromatic carbocycles. The van der Waals surface area contributed by atoms with Gasteiger partial charge in [0.2, 0.25) is 0 Å². The number of nitrogens with two attached hydrogens (primary N) is 1. The number of methoxy groups -OCH3 is 1. The number of nitrogens with one attached hydrogen (secondary N) is 5. The Morgan fingerprint density at radius 3 is 1.45 bits per heavy atom. The van der Waals surface area contributed by atoms with E-state index in [1.165, 1.54) is 35.9 Å². The number of aromatic carboxylic acids is 2. The topological polar surface area (TPSA) is 451 Å². The first-order valence-corrected chi connectivity index (χ1v) is 39.4. The standard InChI is InChI=1S/C27H35N5O4.C26H33N5O4.C12H14N2O3.C10H18N2O3S.C7H7NO2.CH4/c1-36-25(34)15-20(22-5-3-11-28-16-22)8-7-19-9-12-32(13-10-19)26(35)21-4-2-6-23(14-21)31-27-29-17-24(33)18-30-27;32-23-16-28-26(29-17-23)30-22-5-1-3-20(13-22)25(35)31-11-8-18(9-12-31)6-7-19(14-24(33)34)21-4-2-10-27-15-21;15-10-6-13-11(14-7-10)5-8-2-1-3-9(4-8)12(16)17;1-10(2,3)15-9(14)12-6-7(13)5-11-8(12)16-4;8-6-3-1-2-5(4-6)7(9)10;/h2-6,11,14,16,19-20,24,33H,7-10,12-13,15,17-18H2,1H3,(H2,29,30,31);1-5,10,13,15,18-19,23,32H,6-9,11-12,14,16-17H2,(H,33,34)(H2,28,29,30);1-4,10,15H,5-7H2,(H,13,14)(H,16,17);7,13H,5-6H2,1-4H3;1-4H,8H2,(H,9,10);1H4. The number of benzene rings is 4. The number of aliphatic carboxylic acids is 1. The van der Waals surface area contributed by atoms with E-state index in [-0.39, 0.29) is 61.1 Å². The van der Waals surface area contributed by atoms with Crippen molar-refractivity contribution in [3.8, 4) is 0 Å². The molecule has 31 nitrogen and oxygen atoms in total. The van der Waals surface area contributed by atoms with Gasteiger partial charge in [-0.3, -0.25) is 54.0 Å². The van der Waals surface area contributed by atoms with Crippen LogP contribution in [-0.2, 0) is 25.5 Å². The number of amidine groups is 2. The predicted molar refractivity (Wildman–Crippen MR) is 444 cm³/mol. The van der Waals surface area contributed by atoms with Crippen LogP contribution in [0, 0.1) is 11.8 Å². The van der Waals surface area contributed by atoms with Gasteiger partial charge in [0.1, 0.15) is 11.4 Å². The number of piperidine rings is 2. The fourth-order valence-corrected chi connectivity index (χ4v) is 13.8. The molecule has 3 amide bonds. The highest BCUT2D eigenvalue weighted by atomic mass is 32.2. The molecular weight excluding hydrogens is 1500 g/mol. The average Bonchev–Trinajstić information content (AvgIpc) is 0.844. The minimum atomic E-state index is -0.952. The number of aliphatic hydroxyl groups excluding tert-OH is 4. The van der Waals surface area contributed by atoms with Crippen LogP contribution in [0.15, 0.2) is 166 Å². The minimum absolute atomic E-state index is 0. The van der Waals surface area contributed by atoms with Crippen molar-refractivity contribution in [1.29, 1.82) is 0 Å². The minimum Gasteiger partial charge on any atom is -0.481 e. The van der Waals surface area contributed by atoms with E-state index in [0.29, 0.717) is 117 Å². The molecular formula is C83H111N15O16S. The van der Waals surface area contributed by atoms with E-state index in [0.717, 1.165) is 98.4 Å². The Hall–Kier alpha value is -11.1. The highest BCUT2D eigenvalue weighted by Crippen LogP contribution is 2.33. The van der Waals surface area contributed by atoms with Gasteiger partial charge < -0.3 is 87.3 Å². The van der Waals surface area contributed by atoms with Crippen molar-refractivity contribution < 1.29 is 78.8 Å². The number of aliphatic hydroxyl groups is 4. The smallest absolute Gasteiger partial charge is 0.416 e. The lowest BCUT2D eigenvalue weighted by Gasteiger charge is -2.33. The first kappa shape index (κ1) is 91.1. The average molecular weight is 1610 g/mol. The molecule has 6 aliphatic heterocycles. The number of likely N-dealkylation sites (tertiary alicyclic amines) is 2. The molecule has 2 saturated heterocycles. The van der Waals surface area contributed by atoms with Crippen LogP contribution in [-0.4, -0.2) is 247 Å². The summed E-state index contributed by atoms with van der Waals surface area (Å²) in [5.74, 6) is 0.197. The van der Waals surface area contributed by atoms with Crippen molar-refractivity contribution in [2.24, 2.45) is 31.8 Å². The van der Waals surface area contributed by atoms with E-state index in [1.54, 1.807) is 69.7 Å². The van der Waals surface area contributed by atoms with E-state index in [2.05, 4.69) is 56.5 Å². The van der Waals surface area contributed by atoms with Gasteiger partial charge in [0.15, 0.2) is 17.1 Å². The number of ether oxygens (including phenoxy) is 2. The van der Waals surface area contributed by atoms with E-state index in [1.807, 2.05) is 101 Å². The maximum absolute atomic E-state index is 13.2. The molecule has 0 bridgehead atoms. The molecule has 12 rings (SSSR count). The number of carboxylic acids is 3. The van der Waals surface area contributed by atoms with Crippen molar-refractivity contribution in [3.05, 3.63) is 185 Å². The molecule has 0 radical (unpaired) electrons. The molecule has 8 heterocycles. The van der Waals surface area contributed by atoms with Crippen molar-refractivity contribution in [3.63, 3.8) is 0 Å². The second kappa shape index (κ2) is 46.3. The molecule has 2 aromatic heterocycles. The lowest BCUT2D eigenvalue weighted by molar-refractivity contribution is -0.141. The number of aromatic nitrogens is 2. The van der Waals surface area contributed by atoms with Crippen LogP contribution in [0.5, 0.6) is 0 Å². The second-order valence-electron chi connectivity index (χ2n) is 29.3. The number of carboxylic acid groups (broad SMARTS) is 3. The van der Waals surface area contributed by atoms with Crippen molar-refractivity contribution >= 4 is 93.5 Å². The number of nitrogens with zero attached hydrogens (tertiary/aromatic N) is 9. The van der Waals surface area contributed by atoms with Gasteiger partial charge in [-0.1, -0.05) is 61.7 Å². The molecule has 6 unspecified atom stereocenters. The number of hydrogen-bond acceptors (Lipinski definition) is 26. The highest BCUT2D eigenvalue weighted by molar-refractivity contribution is 8.13. The number of β-amino-alcohol motifs (C(OH)–C–C–N with tert-alkyl or cyclic N) is 4. The third-order valence-electron chi connectivity index (χ3n) is 19.3. The summed E-state index contributed by atoms with van der Waals surface area (Å²) in [5, 5.41) is 80.5. The van der Waals surface area contributed by atoms with E-state index in [4.69, 9.17) is 25.4 Å². The van der Waals surface area contributed by atoms with Crippen molar-refractivity contribution in [2.45, 2.75) is 141 Å². The number of thioether (sulfide) groups is 1. The van der Waals surface area contributed by atoms with Crippen LogP contribution in [0.1, 0.15) is 162 Å². The monoisotopic (exact) mass is 1610 g/mol. The molecule has 32 heteroatoms. The quantitative estimate of drug-likeness (QED) is 0.0251. The third kappa shape index (κ3) is 31.3. The molecule has 6 atom stereocenters. The normalized spacial score (nSPS) is 18.6. The molecule has 6 aliphatic rings. The Balaban J connectivity index is 0.000000213. The lowest BCUT2D eigenvalue weighted by atomic mass is 9.85. The summed E-state index contributed by atoms with van der Waals surface area (Å²) in [6.07, 6.45) is 14.8. The first-order valence-electron chi connectivity index (χ1n) is 38.1. The SMILES string of the molecule is C.COC(=O)CC(CCC1CCN(C(=O)c2cccc(NC3=NCC(O)CN3)c2)CC1)c1cccnc1.CSC1=NCC(O)CN1C(=O)OC(C)(C)C.Nc1cccc(C(=O)O)c1.O=C(O)CC(CCC1CCN(C(=O)c2cccc(NC3=NCC(O)CN3)c2)CC1)c1cccnc1.O=C(O)c1cccc(CC2=NCC(O)CN2)c1. The number of hydrogen-bond donors (Lipinski definition) is 13. The van der Waals surface area contributed by atoms with Gasteiger partial charge in [0.05, 0.1) is 88.2 Å². The van der Waals surface area contributed by atoms with Crippen molar-refractivity contribution in [1.82, 2.24) is 40.6 Å². The Labute approximate surface area is 675 Å². The maximum atomic E-state index is 13.2. The number of pyridine rings is 2. The van der Waals surface area contributed by atoms with Crippen LogP contribution in [0.4, 0.5) is 21.9 Å². The van der Waals surface area contributed by atoms with Gasteiger partial charge in [0, 0.05) is 105 Å². The Morgan fingerprint density at radius 1 is 0.574 bits per heavy atom. The van der Waals surface area contributed by atoms with Crippen LogP contribution >= 0.6 is 11.8 Å². The van der Waals surface area contributed by atoms with Gasteiger partial charge in [-0.25, -0.2) is 14.4 Å². The fraction of sp³-hybridized carbons (Fsp3) is 0.458. The number of carbonyl (C=O) groups is 7. The molecule has 0 aliphatic carbocycles. The number of anilines is 3. The first-order chi connectivity index (χ1) is 54.7. The van der Waals surface area contributed by atoms with E-state index < -0.39 is 54.0 Å². The molecule has 6 aromatic rings. The number of guanidine groups is 2. The van der Waals surface area contributed by atoms with Gasteiger partial charge in [-0.2, -0.15) is 0 Å². The zero-order valence-corrected chi connectivity index (χ0v) is 65.9. The Kier molecular flexibility index (Phi) is 36.7. The summed E-state index contributed by atoms with van der Waals surface area (Å²) in [4.78, 5) is 113. The molecule has 0 spiro atoms. The molecule has 2 fully saturated rings. The highest BCUT2D eigenvalue weighted by Gasteiger charge is 2.32. The molecule has 115 heavy (non-hydrogen) atoms. The third-order valence-corrected chi connectivity index (χ3v) is 20.0. The van der Waals surface area contributed by atoms with Crippen LogP contribution in [0.2, 0.25) is 0 Å².